The van der Waals surface area contributed by atoms with Gasteiger partial charge in [0.05, 0.1) is 36.4 Å². The van der Waals surface area contributed by atoms with Crippen LogP contribution in [0.25, 0.3) is 10.9 Å². The van der Waals surface area contributed by atoms with Gasteiger partial charge in [0, 0.05) is 62.3 Å². The minimum atomic E-state index is -0.471. The van der Waals surface area contributed by atoms with Gasteiger partial charge in [-0.2, -0.15) is 0 Å². The Morgan fingerprint density at radius 1 is 1.15 bits per heavy atom. The highest BCUT2D eigenvalue weighted by Gasteiger charge is 2.28. The summed E-state index contributed by atoms with van der Waals surface area (Å²) in [6.45, 7) is 7.76. The number of nitrogen functional groups attached to an aromatic ring is 1. The molecule has 1 fully saturated rings. The van der Waals surface area contributed by atoms with Gasteiger partial charge in [-0.25, -0.2) is 14.4 Å². The molecule has 1 aromatic carbocycles. The molecule has 6 rings (SSSR count). The number of halogens is 1. The molecule has 0 bridgehead atoms. The molecule has 0 amide bonds. The van der Waals surface area contributed by atoms with Crippen LogP contribution in [0.5, 0.6) is 11.6 Å². The topological polar surface area (TPSA) is 98.7 Å². The van der Waals surface area contributed by atoms with Crippen molar-refractivity contribution < 1.29 is 13.9 Å². The first-order chi connectivity index (χ1) is 20.0. The van der Waals surface area contributed by atoms with E-state index in [0.29, 0.717) is 60.2 Å². The fourth-order valence-electron chi connectivity index (χ4n) is 5.68. The van der Waals surface area contributed by atoms with Crippen LogP contribution in [0.1, 0.15) is 37.8 Å². The van der Waals surface area contributed by atoms with Crippen molar-refractivity contribution in [1.29, 1.82) is 0 Å². The Morgan fingerprint density at radius 2 is 2.00 bits per heavy atom. The number of nitrogens with two attached hydrogens (primary N) is 1. The third-order valence-corrected chi connectivity index (χ3v) is 7.58. The molecule has 5 heterocycles. The van der Waals surface area contributed by atoms with Gasteiger partial charge in [-0.3, -0.25) is 9.69 Å². The molecule has 2 N–H and O–H groups in total. The summed E-state index contributed by atoms with van der Waals surface area (Å²) in [4.78, 5) is 26.9. The molecular weight excluding hydrogens is 523 g/mol. The van der Waals surface area contributed by atoms with Gasteiger partial charge in [0.1, 0.15) is 24.0 Å². The zero-order valence-electron chi connectivity index (χ0n) is 23.8. The van der Waals surface area contributed by atoms with Crippen LogP contribution < -0.4 is 25.5 Å². The lowest BCUT2D eigenvalue weighted by Crippen LogP contribution is -2.48. The van der Waals surface area contributed by atoms with Crippen molar-refractivity contribution in [3.8, 4) is 11.6 Å². The Bertz CT molecular complexity index is 1560. The number of hydrogen-bond acceptors (Lipinski definition) is 8. The van der Waals surface area contributed by atoms with Crippen LogP contribution in [0.3, 0.4) is 0 Å². The summed E-state index contributed by atoms with van der Waals surface area (Å²) < 4.78 is 27.5. The van der Waals surface area contributed by atoms with E-state index in [1.807, 2.05) is 55.1 Å². The molecule has 41 heavy (non-hydrogen) atoms. The van der Waals surface area contributed by atoms with Crippen molar-refractivity contribution in [2.45, 2.75) is 52.4 Å². The molecule has 0 spiro atoms. The minimum absolute atomic E-state index is 0.165. The molecule has 3 aromatic heterocycles. The predicted octanol–water partition coefficient (Wildman–Crippen LogP) is 4.61. The minimum Gasteiger partial charge on any atom is -0.489 e. The van der Waals surface area contributed by atoms with E-state index < -0.39 is 5.82 Å². The zero-order valence-corrected chi connectivity index (χ0v) is 23.8. The van der Waals surface area contributed by atoms with Crippen LogP contribution in [0.15, 0.2) is 59.8 Å². The molecule has 0 aliphatic carbocycles. The van der Waals surface area contributed by atoms with Crippen LogP contribution in [-0.4, -0.2) is 52.3 Å². The molecule has 4 aromatic rings. The van der Waals surface area contributed by atoms with E-state index in [-0.39, 0.29) is 11.5 Å². The molecular formula is C31H37FN6O3. The van der Waals surface area contributed by atoms with Crippen molar-refractivity contribution in [1.82, 2.24) is 19.4 Å². The number of aromatic nitrogens is 3. The molecule has 2 aliphatic heterocycles. The van der Waals surface area contributed by atoms with Crippen LogP contribution in [-0.2, 0) is 19.6 Å². The van der Waals surface area contributed by atoms with E-state index in [9.17, 15) is 9.18 Å². The highest BCUT2D eigenvalue weighted by Crippen LogP contribution is 2.30. The second-order valence-electron chi connectivity index (χ2n) is 10.1. The maximum Gasteiger partial charge on any atom is 0.213 e. The average Bonchev–Trinajstić information content (AvgIpc) is 3.00. The first-order valence-corrected chi connectivity index (χ1v) is 14.2. The number of pyridine rings is 3. The molecule has 2 aliphatic rings. The van der Waals surface area contributed by atoms with Gasteiger partial charge < -0.3 is 24.7 Å². The molecule has 1 atom stereocenters. The van der Waals surface area contributed by atoms with Gasteiger partial charge in [-0.05, 0) is 42.7 Å². The third kappa shape index (κ3) is 6.12. The monoisotopic (exact) mass is 560 g/mol. The van der Waals surface area contributed by atoms with Crippen LogP contribution in [0.2, 0.25) is 0 Å². The maximum absolute atomic E-state index is 14.4. The summed E-state index contributed by atoms with van der Waals surface area (Å²) in [6.07, 6.45) is 7.44. The van der Waals surface area contributed by atoms with Gasteiger partial charge in [-0.15, -0.1) is 0 Å². The van der Waals surface area contributed by atoms with E-state index in [2.05, 4.69) is 19.8 Å². The molecule has 0 saturated carbocycles. The van der Waals surface area contributed by atoms with E-state index in [0.717, 1.165) is 37.2 Å². The summed E-state index contributed by atoms with van der Waals surface area (Å²) in [5, 5.41) is 0.353. The second kappa shape index (κ2) is 12.6. The smallest absolute Gasteiger partial charge is 0.213 e. The quantitative estimate of drug-likeness (QED) is 0.350. The van der Waals surface area contributed by atoms with Gasteiger partial charge in [0.25, 0.3) is 0 Å². The van der Waals surface area contributed by atoms with Crippen LogP contribution in [0.4, 0.5) is 15.9 Å². The molecule has 1 unspecified atom stereocenters. The number of ether oxygens (including phenoxy) is 2. The Kier molecular flexibility index (Phi) is 8.68. The summed E-state index contributed by atoms with van der Waals surface area (Å²) in [7, 11) is 1.60. The fourth-order valence-corrected chi connectivity index (χ4v) is 5.68. The molecule has 10 heteroatoms. The highest BCUT2D eigenvalue weighted by molar-refractivity contribution is 5.86. The first-order valence-electron chi connectivity index (χ1n) is 14.2. The molecule has 0 radical (unpaired) electrons. The van der Waals surface area contributed by atoms with Crippen molar-refractivity contribution in [3.63, 3.8) is 0 Å². The van der Waals surface area contributed by atoms with E-state index in [1.165, 1.54) is 12.1 Å². The Hall–Kier alpha value is -4.18. The van der Waals surface area contributed by atoms with E-state index in [1.54, 1.807) is 13.3 Å². The van der Waals surface area contributed by atoms with Crippen molar-refractivity contribution in [3.05, 3.63) is 82.2 Å². The highest BCUT2D eigenvalue weighted by atomic mass is 19.1. The lowest BCUT2D eigenvalue weighted by atomic mass is 10.0. The lowest BCUT2D eigenvalue weighted by molar-refractivity contribution is 0.157. The number of nitrogens with zero attached hydrogens (tertiary/aromatic N) is 5. The number of methoxy groups -OCH3 is 1. The Morgan fingerprint density at radius 3 is 2.78 bits per heavy atom. The summed E-state index contributed by atoms with van der Waals surface area (Å²) in [6, 6.07) is 10.5. The van der Waals surface area contributed by atoms with E-state index >= 15 is 0 Å². The third-order valence-electron chi connectivity index (χ3n) is 7.58. The summed E-state index contributed by atoms with van der Waals surface area (Å²) >= 11 is 0. The Balaban J connectivity index is 0.00000165. The summed E-state index contributed by atoms with van der Waals surface area (Å²) in [5.41, 5.74) is 9.00. The maximum atomic E-state index is 14.4. The van der Waals surface area contributed by atoms with Crippen molar-refractivity contribution in [2.75, 3.05) is 37.4 Å². The number of benzene rings is 1. The lowest BCUT2D eigenvalue weighted by Gasteiger charge is -2.40. The van der Waals surface area contributed by atoms with Gasteiger partial charge in [0.15, 0.2) is 5.43 Å². The number of anilines is 2. The SMILES string of the molecule is CC.COc1cc(CN(Cc2cn3c4c(cc(F)cc4c2=O)OCC3)C2CCCN(c3ccc(N)nc3)C2)ccn1. The fraction of sp³-hybridized carbons (Fsp3) is 0.387. The first kappa shape index (κ1) is 28.4. The van der Waals surface area contributed by atoms with Gasteiger partial charge >= 0.3 is 0 Å². The number of hydrogen-bond donors (Lipinski definition) is 1. The second-order valence-corrected chi connectivity index (χ2v) is 10.1. The number of rotatable bonds is 7. The van der Waals surface area contributed by atoms with Gasteiger partial charge in [0.2, 0.25) is 5.88 Å². The zero-order chi connectivity index (χ0) is 28.9. The average molecular weight is 561 g/mol. The van der Waals surface area contributed by atoms with Gasteiger partial charge in [-0.1, -0.05) is 13.8 Å². The normalized spacial score (nSPS) is 16.2. The molecule has 9 nitrogen and oxygen atoms in total. The summed E-state index contributed by atoms with van der Waals surface area (Å²) in [5.74, 6) is 0.983. The standard InChI is InChI=1S/C29H31FN6O3.C2H6/c1-38-27-11-19(6-7-32-27)15-36(23-3-2-8-34(18-23)22-4-5-26(31)33-14-22)17-20-16-35-9-10-39-25-13-21(30)12-24(28(25)35)29(20)37;1-2/h4-7,11-14,16,23H,2-3,8-10,15,17-18H2,1H3,(H2,31,33);1-2H3. The largest absolute Gasteiger partial charge is 0.489 e. The molecule has 1 saturated heterocycles. The molecule has 216 valence electrons. The van der Waals surface area contributed by atoms with Crippen LogP contribution in [0, 0.1) is 5.82 Å². The predicted molar refractivity (Wildman–Crippen MR) is 159 cm³/mol. The van der Waals surface area contributed by atoms with Crippen molar-refractivity contribution in [2.24, 2.45) is 0 Å². The van der Waals surface area contributed by atoms with E-state index in [4.69, 9.17) is 15.2 Å². The number of piperidine rings is 1. The Labute approximate surface area is 239 Å². The van der Waals surface area contributed by atoms with Crippen LogP contribution >= 0.6 is 0 Å². The van der Waals surface area contributed by atoms with Crippen molar-refractivity contribution >= 4 is 22.4 Å².